The Labute approximate surface area is 180 Å². The van der Waals surface area contributed by atoms with Crippen molar-refractivity contribution in [3.8, 4) is 0 Å². The van der Waals surface area contributed by atoms with Crippen LogP contribution in [0.2, 0.25) is 0 Å². The molecule has 0 spiro atoms. The molecule has 1 heterocycles. The van der Waals surface area contributed by atoms with E-state index in [-0.39, 0.29) is 16.8 Å². The summed E-state index contributed by atoms with van der Waals surface area (Å²) in [4.78, 5) is 15.9. The minimum atomic E-state index is -3.63. The molecule has 6 nitrogen and oxygen atoms in total. The van der Waals surface area contributed by atoms with Gasteiger partial charge in [0.05, 0.1) is 18.1 Å². The zero-order valence-electron chi connectivity index (χ0n) is 18.2. The lowest BCUT2D eigenvalue weighted by Gasteiger charge is -2.37. The highest BCUT2D eigenvalue weighted by Gasteiger charge is 2.39. The van der Waals surface area contributed by atoms with Crippen LogP contribution in [-0.4, -0.2) is 61.9 Å². The Morgan fingerprint density at radius 1 is 1.07 bits per heavy atom. The third-order valence-corrected chi connectivity index (χ3v) is 9.03. The molecular weight excluding hydrogens is 400 g/mol. The second-order valence-electron chi connectivity index (χ2n) is 9.02. The van der Waals surface area contributed by atoms with Crippen LogP contribution in [0.5, 0.6) is 0 Å². The molecule has 1 aliphatic heterocycles. The number of hydrogen-bond donors (Lipinski definition) is 0. The molecule has 1 aromatic rings. The van der Waals surface area contributed by atoms with Crippen molar-refractivity contribution in [2.45, 2.75) is 75.8 Å². The number of aryl methyl sites for hydroxylation is 1. The lowest BCUT2D eigenvalue weighted by molar-refractivity contribution is 0.0586. The summed E-state index contributed by atoms with van der Waals surface area (Å²) in [6.45, 7) is 5.58. The number of hydrogen-bond acceptors (Lipinski definition) is 4. The molecule has 0 radical (unpaired) electrons. The van der Waals surface area contributed by atoms with Gasteiger partial charge in [0.25, 0.3) is 5.91 Å². The van der Waals surface area contributed by atoms with Crippen molar-refractivity contribution in [3.63, 3.8) is 0 Å². The number of morpholine rings is 1. The largest absolute Gasteiger partial charge is 0.379 e. The van der Waals surface area contributed by atoms with Crippen molar-refractivity contribution >= 4 is 15.9 Å². The zero-order chi connectivity index (χ0) is 21.3. The second-order valence-corrected chi connectivity index (χ2v) is 10.9. The smallest absolute Gasteiger partial charge is 0.254 e. The van der Waals surface area contributed by atoms with Crippen molar-refractivity contribution in [1.82, 2.24) is 9.21 Å². The molecule has 0 atom stereocenters. The molecule has 4 rings (SSSR count). The SMILES string of the molecule is CCC1CCC(N(C(=O)c2ccc(C)c(S(=O)(=O)N3CCOCC3)c2)C2CC2)CC1. The quantitative estimate of drug-likeness (QED) is 0.686. The van der Waals surface area contributed by atoms with E-state index in [9.17, 15) is 13.2 Å². The molecule has 1 amide bonds. The van der Waals surface area contributed by atoms with Gasteiger partial charge in [-0.2, -0.15) is 4.31 Å². The molecule has 0 N–H and O–H groups in total. The molecule has 0 unspecified atom stereocenters. The molecule has 3 fully saturated rings. The minimum Gasteiger partial charge on any atom is -0.379 e. The van der Waals surface area contributed by atoms with Gasteiger partial charge in [-0.3, -0.25) is 4.79 Å². The Kier molecular flexibility index (Phi) is 6.51. The van der Waals surface area contributed by atoms with Crippen LogP contribution >= 0.6 is 0 Å². The summed E-state index contributed by atoms with van der Waals surface area (Å²) in [6, 6.07) is 5.78. The third kappa shape index (κ3) is 4.43. The van der Waals surface area contributed by atoms with E-state index in [4.69, 9.17) is 4.74 Å². The number of nitrogens with zero attached hydrogens (tertiary/aromatic N) is 2. The molecule has 1 aromatic carbocycles. The van der Waals surface area contributed by atoms with Crippen molar-refractivity contribution in [2.75, 3.05) is 26.3 Å². The number of amides is 1. The molecule has 3 aliphatic rings. The summed E-state index contributed by atoms with van der Waals surface area (Å²) in [5, 5.41) is 0. The van der Waals surface area contributed by atoms with E-state index >= 15 is 0 Å². The second kappa shape index (κ2) is 8.97. The third-order valence-electron chi connectivity index (χ3n) is 6.98. The average Bonchev–Trinajstić information content (AvgIpc) is 3.60. The summed E-state index contributed by atoms with van der Waals surface area (Å²) in [6.07, 6.45) is 7.82. The number of ether oxygens (including phenoxy) is 1. The van der Waals surface area contributed by atoms with E-state index in [0.717, 1.165) is 31.6 Å². The van der Waals surface area contributed by atoms with Crippen LogP contribution in [0.3, 0.4) is 0 Å². The average molecular weight is 435 g/mol. The first-order valence-corrected chi connectivity index (χ1v) is 12.9. The summed E-state index contributed by atoms with van der Waals surface area (Å²) in [7, 11) is -3.63. The molecule has 7 heteroatoms. The lowest BCUT2D eigenvalue weighted by Crippen LogP contribution is -2.44. The van der Waals surface area contributed by atoms with Gasteiger partial charge in [-0.15, -0.1) is 0 Å². The van der Waals surface area contributed by atoms with E-state index in [1.54, 1.807) is 25.1 Å². The van der Waals surface area contributed by atoms with Crippen molar-refractivity contribution in [1.29, 1.82) is 0 Å². The molecule has 2 saturated carbocycles. The maximum Gasteiger partial charge on any atom is 0.254 e. The Bertz CT molecular complexity index is 867. The summed E-state index contributed by atoms with van der Waals surface area (Å²) in [5.74, 6) is 0.776. The highest BCUT2D eigenvalue weighted by atomic mass is 32.2. The molecular formula is C23H34N2O4S. The number of benzene rings is 1. The van der Waals surface area contributed by atoms with E-state index < -0.39 is 10.0 Å². The van der Waals surface area contributed by atoms with Gasteiger partial charge in [0.1, 0.15) is 0 Å². The first-order chi connectivity index (χ1) is 14.4. The van der Waals surface area contributed by atoms with Gasteiger partial charge in [-0.1, -0.05) is 19.4 Å². The molecule has 30 heavy (non-hydrogen) atoms. The minimum absolute atomic E-state index is 0.00382. The highest BCUT2D eigenvalue weighted by molar-refractivity contribution is 7.89. The Hall–Kier alpha value is -1.44. The van der Waals surface area contributed by atoms with Crippen molar-refractivity contribution in [2.24, 2.45) is 5.92 Å². The van der Waals surface area contributed by atoms with Gasteiger partial charge < -0.3 is 9.64 Å². The first kappa shape index (κ1) is 21.8. The van der Waals surface area contributed by atoms with Crippen molar-refractivity contribution in [3.05, 3.63) is 29.3 Å². The predicted octanol–water partition coefficient (Wildman–Crippen LogP) is 3.59. The van der Waals surface area contributed by atoms with Crippen LogP contribution in [0.15, 0.2) is 23.1 Å². The fourth-order valence-corrected chi connectivity index (χ4v) is 6.56. The van der Waals surface area contributed by atoms with Crippen molar-refractivity contribution < 1.29 is 17.9 Å². The maximum absolute atomic E-state index is 13.5. The summed E-state index contributed by atoms with van der Waals surface area (Å²) < 4.78 is 33.2. The predicted molar refractivity (Wildman–Crippen MR) is 116 cm³/mol. The number of sulfonamides is 1. The normalized spacial score (nSPS) is 25.8. The highest BCUT2D eigenvalue weighted by Crippen LogP contribution is 2.37. The topological polar surface area (TPSA) is 66.9 Å². The maximum atomic E-state index is 13.5. The fourth-order valence-electron chi connectivity index (χ4n) is 4.90. The Balaban J connectivity index is 1.58. The number of rotatable bonds is 6. The zero-order valence-corrected chi connectivity index (χ0v) is 19.0. The van der Waals surface area contributed by atoms with Crippen LogP contribution < -0.4 is 0 Å². The lowest BCUT2D eigenvalue weighted by atomic mass is 9.83. The van der Waals surface area contributed by atoms with E-state index in [0.29, 0.717) is 43.5 Å². The van der Waals surface area contributed by atoms with E-state index in [1.165, 1.54) is 23.6 Å². The Morgan fingerprint density at radius 3 is 2.23 bits per heavy atom. The molecule has 0 aromatic heterocycles. The Morgan fingerprint density at radius 2 is 1.67 bits per heavy atom. The fraction of sp³-hybridized carbons (Fsp3) is 0.696. The van der Waals surface area contributed by atoms with Gasteiger partial charge in [-0.05, 0) is 69.1 Å². The van der Waals surface area contributed by atoms with Gasteiger partial charge in [0.15, 0.2) is 0 Å². The van der Waals surface area contributed by atoms with Gasteiger partial charge >= 0.3 is 0 Å². The molecule has 2 aliphatic carbocycles. The van der Waals surface area contributed by atoms with Crippen LogP contribution in [0, 0.1) is 12.8 Å². The summed E-state index contributed by atoms with van der Waals surface area (Å²) >= 11 is 0. The number of carbonyl (C=O) groups is 1. The molecule has 166 valence electrons. The van der Waals surface area contributed by atoms with Crippen LogP contribution in [0.1, 0.15) is 67.8 Å². The first-order valence-electron chi connectivity index (χ1n) is 11.4. The monoisotopic (exact) mass is 434 g/mol. The number of carbonyl (C=O) groups excluding carboxylic acids is 1. The summed E-state index contributed by atoms with van der Waals surface area (Å²) in [5.41, 5.74) is 1.18. The van der Waals surface area contributed by atoms with Gasteiger partial charge in [0.2, 0.25) is 10.0 Å². The molecule has 1 saturated heterocycles. The van der Waals surface area contributed by atoms with E-state index in [1.807, 2.05) is 0 Å². The van der Waals surface area contributed by atoms with Crippen LogP contribution in [0.4, 0.5) is 0 Å². The van der Waals surface area contributed by atoms with Crippen LogP contribution in [0.25, 0.3) is 0 Å². The van der Waals surface area contributed by atoms with E-state index in [2.05, 4.69) is 11.8 Å². The standard InChI is InChI=1S/C23H34N2O4S/c1-3-18-5-8-20(9-6-18)25(21-10-11-21)23(26)19-7-4-17(2)22(16-19)30(27,28)24-12-14-29-15-13-24/h4,7,16,18,20-21H,3,5-6,8-15H2,1-2H3. The van der Waals surface area contributed by atoms with Crippen LogP contribution in [-0.2, 0) is 14.8 Å². The molecule has 0 bridgehead atoms. The van der Waals surface area contributed by atoms with Gasteiger partial charge in [-0.25, -0.2) is 8.42 Å². The van der Waals surface area contributed by atoms with Gasteiger partial charge in [0, 0.05) is 30.7 Å².